The first-order chi connectivity index (χ1) is 17.3. The number of hydrogen-bond donors (Lipinski definition) is 0. The Bertz CT molecular complexity index is 1170. The number of piperidine rings is 1. The maximum Gasteiger partial charge on any atom is 0.337 e. The monoisotopic (exact) mass is 535 g/mol. The van der Waals surface area contributed by atoms with Crippen LogP contribution in [0.2, 0.25) is 5.02 Å². The van der Waals surface area contributed by atoms with Gasteiger partial charge in [-0.25, -0.2) is 18.0 Å². The number of rotatable bonds is 6. The van der Waals surface area contributed by atoms with Crippen molar-refractivity contribution < 1.29 is 27.5 Å². The van der Waals surface area contributed by atoms with E-state index in [1.54, 1.807) is 46.2 Å². The van der Waals surface area contributed by atoms with Crippen molar-refractivity contribution in [1.29, 1.82) is 0 Å². The van der Waals surface area contributed by atoms with E-state index in [2.05, 4.69) is 0 Å². The second-order valence-corrected chi connectivity index (χ2v) is 11.1. The highest BCUT2D eigenvalue weighted by Crippen LogP contribution is 2.27. The highest BCUT2D eigenvalue weighted by Gasteiger charge is 2.37. The number of urea groups is 1. The molecule has 1 unspecified atom stereocenters. The number of carbonyl (C=O) groups excluding carboxylic acids is 2. The Labute approximate surface area is 216 Å². The van der Waals surface area contributed by atoms with Gasteiger partial charge in [-0.15, -0.1) is 0 Å². The number of nitrogens with zero attached hydrogens (tertiary/aromatic N) is 3. The average molecular weight is 536 g/mol. The highest BCUT2D eigenvalue weighted by atomic mass is 35.5. The molecule has 2 aromatic carbocycles. The van der Waals surface area contributed by atoms with Crippen molar-refractivity contribution in [2.75, 3.05) is 46.5 Å². The summed E-state index contributed by atoms with van der Waals surface area (Å²) in [4.78, 5) is 28.6. The number of amides is 2. The van der Waals surface area contributed by atoms with E-state index < -0.39 is 22.0 Å². The minimum Gasteiger partial charge on any atom is -0.465 e. The Morgan fingerprint density at radius 2 is 1.69 bits per heavy atom. The summed E-state index contributed by atoms with van der Waals surface area (Å²) < 4.78 is 39.2. The highest BCUT2D eigenvalue weighted by molar-refractivity contribution is 7.89. The van der Waals surface area contributed by atoms with Crippen LogP contribution in [0.4, 0.5) is 4.79 Å². The number of benzene rings is 2. The van der Waals surface area contributed by atoms with Crippen LogP contribution in [0, 0.1) is 0 Å². The summed E-state index contributed by atoms with van der Waals surface area (Å²) in [5, 5.41) is 0.443. The quantitative estimate of drug-likeness (QED) is 0.527. The first-order valence-corrected chi connectivity index (χ1v) is 13.7. The first-order valence-electron chi connectivity index (χ1n) is 11.9. The number of esters is 1. The number of sulfonamides is 1. The standard InChI is InChI=1S/C25H30ClN3O6S/c1-34-24(30)20-6-4-19(5-7-20)17-29(36(32,33)23-10-8-21(26)9-11-23)22-3-2-12-28(18-22)25(31)27-13-15-35-16-14-27/h4-11,22H,2-3,12-18H2,1H3. The minimum atomic E-state index is -3.91. The molecule has 1 atom stereocenters. The number of carbonyl (C=O) groups is 2. The molecule has 2 fully saturated rings. The van der Waals surface area contributed by atoms with Crippen molar-refractivity contribution in [1.82, 2.24) is 14.1 Å². The molecule has 0 aliphatic carbocycles. The Morgan fingerprint density at radius 3 is 2.33 bits per heavy atom. The molecule has 0 radical (unpaired) electrons. The van der Waals surface area contributed by atoms with E-state index in [1.807, 2.05) is 0 Å². The summed E-state index contributed by atoms with van der Waals surface area (Å²) in [6.45, 7) is 3.03. The summed E-state index contributed by atoms with van der Waals surface area (Å²) in [6.07, 6.45) is 1.31. The van der Waals surface area contributed by atoms with Crippen molar-refractivity contribution in [2.45, 2.75) is 30.3 Å². The SMILES string of the molecule is COC(=O)c1ccc(CN(C2CCCN(C(=O)N3CCOCC3)C2)S(=O)(=O)c2ccc(Cl)cc2)cc1. The number of methoxy groups -OCH3 is 1. The molecule has 9 nitrogen and oxygen atoms in total. The predicted molar refractivity (Wildman–Crippen MR) is 134 cm³/mol. The maximum absolute atomic E-state index is 13.8. The number of likely N-dealkylation sites (tertiary alicyclic amines) is 1. The largest absolute Gasteiger partial charge is 0.465 e. The Morgan fingerprint density at radius 1 is 1.03 bits per heavy atom. The summed E-state index contributed by atoms with van der Waals surface area (Å²) in [6, 6.07) is 12.2. The Kier molecular flexibility index (Phi) is 8.50. The predicted octanol–water partition coefficient (Wildman–Crippen LogP) is 3.23. The van der Waals surface area contributed by atoms with E-state index >= 15 is 0 Å². The van der Waals surface area contributed by atoms with E-state index in [9.17, 15) is 18.0 Å². The lowest BCUT2D eigenvalue weighted by molar-refractivity contribution is 0.0383. The van der Waals surface area contributed by atoms with E-state index in [0.29, 0.717) is 62.8 Å². The van der Waals surface area contributed by atoms with Gasteiger partial charge in [-0.1, -0.05) is 23.7 Å². The summed E-state index contributed by atoms with van der Waals surface area (Å²) in [7, 11) is -2.60. The molecule has 2 aliphatic heterocycles. The molecule has 0 N–H and O–H groups in total. The van der Waals surface area contributed by atoms with Crippen LogP contribution in [0.15, 0.2) is 53.4 Å². The van der Waals surface area contributed by atoms with Gasteiger partial charge in [-0.3, -0.25) is 0 Å². The third kappa shape index (κ3) is 6.00. The van der Waals surface area contributed by atoms with Crippen LogP contribution in [-0.2, 0) is 26.0 Å². The van der Waals surface area contributed by atoms with Gasteiger partial charge in [-0.05, 0) is 54.8 Å². The smallest absolute Gasteiger partial charge is 0.337 e. The molecule has 2 aliphatic rings. The van der Waals surface area contributed by atoms with E-state index in [1.165, 1.54) is 23.5 Å². The van der Waals surface area contributed by atoms with Crippen molar-refractivity contribution in [3.8, 4) is 0 Å². The molecule has 11 heteroatoms. The van der Waals surface area contributed by atoms with Crippen molar-refractivity contribution in [2.24, 2.45) is 0 Å². The van der Waals surface area contributed by atoms with E-state index in [0.717, 1.165) is 5.56 Å². The molecule has 2 aromatic rings. The van der Waals surface area contributed by atoms with Gasteiger partial charge < -0.3 is 19.3 Å². The van der Waals surface area contributed by atoms with Crippen molar-refractivity contribution in [3.63, 3.8) is 0 Å². The Balaban J connectivity index is 1.61. The Hall–Kier alpha value is -2.66. The second kappa shape index (κ2) is 11.6. The zero-order valence-corrected chi connectivity index (χ0v) is 21.7. The van der Waals surface area contributed by atoms with Gasteiger partial charge in [0.15, 0.2) is 0 Å². The van der Waals surface area contributed by atoms with Gasteiger partial charge >= 0.3 is 12.0 Å². The summed E-state index contributed by atoms with van der Waals surface area (Å²) >= 11 is 6.00. The number of hydrogen-bond acceptors (Lipinski definition) is 6. The van der Waals surface area contributed by atoms with Gasteiger partial charge in [0, 0.05) is 43.8 Å². The van der Waals surface area contributed by atoms with Gasteiger partial charge in [0.2, 0.25) is 10.0 Å². The molecule has 0 bridgehead atoms. The zero-order chi connectivity index (χ0) is 25.7. The lowest BCUT2D eigenvalue weighted by atomic mass is 10.0. The van der Waals surface area contributed by atoms with Crippen LogP contribution in [0.1, 0.15) is 28.8 Å². The molecule has 4 rings (SSSR count). The number of morpholine rings is 1. The normalized spacial score (nSPS) is 18.8. The fraction of sp³-hybridized carbons (Fsp3) is 0.440. The summed E-state index contributed by atoms with van der Waals surface area (Å²) in [5.41, 5.74) is 1.10. The third-order valence-corrected chi connectivity index (χ3v) is 8.65. The van der Waals surface area contributed by atoms with Crippen molar-refractivity contribution >= 4 is 33.6 Å². The van der Waals surface area contributed by atoms with Crippen LogP contribution >= 0.6 is 11.6 Å². The molecule has 0 aromatic heterocycles. The van der Waals surface area contributed by atoms with E-state index in [-0.39, 0.29) is 17.5 Å². The second-order valence-electron chi connectivity index (χ2n) is 8.82. The van der Waals surface area contributed by atoms with Gasteiger partial charge in [-0.2, -0.15) is 4.31 Å². The fourth-order valence-electron chi connectivity index (χ4n) is 4.51. The third-order valence-electron chi connectivity index (χ3n) is 6.49. The molecule has 2 saturated heterocycles. The zero-order valence-electron chi connectivity index (χ0n) is 20.1. The molecule has 2 amide bonds. The van der Waals surface area contributed by atoms with Crippen LogP contribution in [0.25, 0.3) is 0 Å². The first kappa shape index (κ1) is 26.4. The maximum atomic E-state index is 13.8. The summed E-state index contributed by atoms with van der Waals surface area (Å²) in [5.74, 6) is -0.461. The molecular formula is C25H30ClN3O6S. The number of halogens is 1. The van der Waals surface area contributed by atoms with Crippen LogP contribution in [0.5, 0.6) is 0 Å². The van der Waals surface area contributed by atoms with Gasteiger partial charge in [0.1, 0.15) is 0 Å². The molecule has 194 valence electrons. The lowest BCUT2D eigenvalue weighted by Gasteiger charge is -2.41. The molecular weight excluding hydrogens is 506 g/mol. The molecule has 0 spiro atoms. The van der Waals surface area contributed by atoms with Crippen LogP contribution < -0.4 is 0 Å². The van der Waals surface area contributed by atoms with Crippen molar-refractivity contribution in [3.05, 3.63) is 64.7 Å². The van der Waals surface area contributed by atoms with Crippen LogP contribution in [0.3, 0.4) is 0 Å². The van der Waals surface area contributed by atoms with Gasteiger partial charge in [0.05, 0.1) is 30.8 Å². The average Bonchev–Trinajstić information content (AvgIpc) is 2.92. The minimum absolute atomic E-state index is 0.0886. The molecule has 0 saturated carbocycles. The topological polar surface area (TPSA) is 96.5 Å². The lowest BCUT2D eigenvalue weighted by Crippen LogP contribution is -2.55. The fourth-order valence-corrected chi connectivity index (χ4v) is 6.27. The molecule has 36 heavy (non-hydrogen) atoms. The van der Waals surface area contributed by atoms with E-state index in [4.69, 9.17) is 21.1 Å². The molecule has 2 heterocycles. The number of ether oxygens (including phenoxy) is 2. The van der Waals surface area contributed by atoms with Gasteiger partial charge in [0.25, 0.3) is 0 Å². The van der Waals surface area contributed by atoms with Crippen LogP contribution in [-0.4, -0.2) is 87.1 Å².